The zero-order valence-electron chi connectivity index (χ0n) is 13.6. The van der Waals surface area contributed by atoms with Crippen molar-refractivity contribution in [2.75, 3.05) is 18.7 Å². The molecule has 1 aliphatic rings. The highest BCUT2D eigenvalue weighted by Crippen LogP contribution is 2.33. The lowest BCUT2D eigenvalue weighted by molar-refractivity contribution is 0.174. The van der Waals surface area contributed by atoms with Gasteiger partial charge >= 0.3 is 6.03 Å². The molecule has 5 nitrogen and oxygen atoms in total. The topological polar surface area (TPSA) is 50.8 Å². The Morgan fingerprint density at radius 1 is 1.21 bits per heavy atom. The van der Waals surface area contributed by atoms with Crippen LogP contribution in [0.4, 0.5) is 10.5 Å². The third-order valence-electron chi connectivity index (χ3n) is 3.85. The number of amides is 2. The molecule has 6 heteroatoms. The van der Waals surface area contributed by atoms with E-state index in [9.17, 15) is 4.79 Å². The van der Waals surface area contributed by atoms with Crippen LogP contribution in [0.25, 0.3) is 0 Å². The summed E-state index contributed by atoms with van der Waals surface area (Å²) in [6, 6.07) is 11.4. The van der Waals surface area contributed by atoms with Gasteiger partial charge in [0.25, 0.3) is 0 Å². The molecule has 3 rings (SSSR count). The van der Waals surface area contributed by atoms with Crippen molar-refractivity contribution in [2.45, 2.75) is 20.4 Å². The summed E-state index contributed by atoms with van der Waals surface area (Å²) in [5, 5.41) is 2.95. The van der Waals surface area contributed by atoms with Crippen molar-refractivity contribution in [3.8, 4) is 11.5 Å². The number of aryl methyl sites for hydroxylation is 1. The molecular formula is C18H19BrN2O3. The van der Waals surface area contributed by atoms with Crippen LogP contribution in [0.15, 0.2) is 40.9 Å². The first-order chi connectivity index (χ1) is 11.6. The van der Waals surface area contributed by atoms with Crippen molar-refractivity contribution in [1.82, 2.24) is 4.90 Å². The number of hydrogen-bond acceptors (Lipinski definition) is 3. The number of ether oxygens (including phenoxy) is 2. The maximum atomic E-state index is 12.6. The van der Waals surface area contributed by atoms with Crippen LogP contribution in [-0.2, 0) is 6.54 Å². The zero-order valence-corrected chi connectivity index (χ0v) is 15.2. The van der Waals surface area contributed by atoms with E-state index >= 15 is 0 Å². The monoisotopic (exact) mass is 390 g/mol. The van der Waals surface area contributed by atoms with Crippen molar-refractivity contribution in [3.63, 3.8) is 0 Å². The van der Waals surface area contributed by atoms with Gasteiger partial charge in [-0.3, -0.25) is 0 Å². The Bertz CT molecular complexity index is 764. The summed E-state index contributed by atoms with van der Waals surface area (Å²) in [4.78, 5) is 14.3. The van der Waals surface area contributed by atoms with Crippen molar-refractivity contribution in [2.24, 2.45) is 0 Å². The van der Waals surface area contributed by atoms with Crippen LogP contribution in [0.3, 0.4) is 0 Å². The maximum absolute atomic E-state index is 12.6. The van der Waals surface area contributed by atoms with E-state index in [2.05, 4.69) is 21.2 Å². The highest BCUT2D eigenvalue weighted by atomic mass is 79.9. The van der Waals surface area contributed by atoms with Gasteiger partial charge in [-0.1, -0.05) is 12.1 Å². The molecule has 0 spiro atoms. The van der Waals surface area contributed by atoms with E-state index < -0.39 is 0 Å². The zero-order chi connectivity index (χ0) is 17.1. The Morgan fingerprint density at radius 3 is 2.75 bits per heavy atom. The third-order valence-corrected chi connectivity index (χ3v) is 4.50. The van der Waals surface area contributed by atoms with E-state index in [1.807, 2.05) is 50.2 Å². The SMILES string of the molecule is CCN(Cc1ccc2c(c1)OCO2)C(=O)Nc1ccc(C)cc1Br. The molecule has 0 saturated heterocycles. The maximum Gasteiger partial charge on any atom is 0.322 e. The van der Waals surface area contributed by atoms with Gasteiger partial charge in [0.05, 0.1) is 5.69 Å². The molecule has 1 heterocycles. The number of hydrogen-bond donors (Lipinski definition) is 1. The standard InChI is InChI=1S/C18H19BrN2O3/c1-3-21(10-13-5-7-16-17(9-13)24-11-23-16)18(22)20-15-6-4-12(2)8-14(15)19/h4-9H,3,10-11H2,1-2H3,(H,20,22). The molecule has 2 aromatic rings. The van der Waals surface area contributed by atoms with E-state index in [0.717, 1.165) is 32.8 Å². The first-order valence-electron chi connectivity index (χ1n) is 7.77. The minimum absolute atomic E-state index is 0.139. The molecule has 0 fully saturated rings. The van der Waals surface area contributed by atoms with Gasteiger partial charge in [0.2, 0.25) is 6.79 Å². The Balaban J connectivity index is 1.70. The van der Waals surface area contributed by atoms with E-state index in [1.165, 1.54) is 0 Å². The van der Waals surface area contributed by atoms with Crippen molar-refractivity contribution >= 4 is 27.6 Å². The van der Waals surface area contributed by atoms with Gasteiger partial charge < -0.3 is 19.7 Å². The highest BCUT2D eigenvalue weighted by molar-refractivity contribution is 9.10. The van der Waals surface area contributed by atoms with Crippen LogP contribution in [0.5, 0.6) is 11.5 Å². The number of nitrogens with one attached hydrogen (secondary N) is 1. The number of carbonyl (C=O) groups is 1. The van der Waals surface area contributed by atoms with Gasteiger partial charge in [0.15, 0.2) is 11.5 Å². The summed E-state index contributed by atoms with van der Waals surface area (Å²) in [6.07, 6.45) is 0. The normalized spacial score (nSPS) is 12.1. The molecule has 2 amide bonds. The molecule has 2 aromatic carbocycles. The van der Waals surface area contributed by atoms with E-state index in [1.54, 1.807) is 4.90 Å². The summed E-state index contributed by atoms with van der Waals surface area (Å²) in [7, 11) is 0. The highest BCUT2D eigenvalue weighted by Gasteiger charge is 2.17. The molecule has 0 aliphatic carbocycles. The second-order valence-electron chi connectivity index (χ2n) is 5.62. The minimum atomic E-state index is -0.139. The van der Waals surface area contributed by atoms with Crippen molar-refractivity contribution < 1.29 is 14.3 Å². The number of anilines is 1. The molecule has 24 heavy (non-hydrogen) atoms. The second kappa shape index (κ2) is 7.13. The molecule has 0 unspecified atom stereocenters. The summed E-state index contributed by atoms with van der Waals surface area (Å²) in [6.45, 7) is 5.31. The molecule has 0 atom stereocenters. The van der Waals surface area contributed by atoms with Gasteiger partial charge in [-0.05, 0) is 65.2 Å². The lowest BCUT2D eigenvalue weighted by atomic mass is 10.2. The first-order valence-corrected chi connectivity index (χ1v) is 8.56. The molecule has 0 bridgehead atoms. The number of halogens is 1. The van der Waals surface area contributed by atoms with Gasteiger partial charge in [-0.15, -0.1) is 0 Å². The molecule has 0 saturated carbocycles. The minimum Gasteiger partial charge on any atom is -0.454 e. The molecule has 0 radical (unpaired) electrons. The Kier molecular flexibility index (Phi) is 4.94. The van der Waals surface area contributed by atoms with Crippen LogP contribution >= 0.6 is 15.9 Å². The summed E-state index contributed by atoms with van der Waals surface area (Å²) in [5.74, 6) is 1.47. The van der Waals surface area contributed by atoms with E-state index in [-0.39, 0.29) is 12.8 Å². The second-order valence-corrected chi connectivity index (χ2v) is 6.47. The average molecular weight is 391 g/mol. The summed E-state index contributed by atoms with van der Waals surface area (Å²) < 4.78 is 11.6. The fraction of sp³-hybridized carbons (Fsp3) is 0.278. The third kappa shape index (κ3) is 3.64. The van der Waals surface area contributed by atoms with Crippen LogP contribution < -0.4 is 14.8 Å². The van der Waals surface area contributed by atoms with Gasteiger partial charge in [-0.2, -0.15) is 0 Å². The number of benzene rings is 2. The molecule has 126 valence electrons. The molecule has 0 aromatic heterocycles. The van der Waals surface area contributed by atoms with Gasteiger partial charge in [0, 0.05) is 17.6 Å². The van der Waals surface area contributed by atoms with Crippen LogP contribution in [0, 0.1) is 6.92 Å². The Labute approximate surface area is 149 Å². The van der Waals surface area contributed by atoms with Gasteiger partial charge in [0.1, 0.15) is 0 Å². The van der Waals surface area contributed by atoms with Crippen molar-refractivity contribution in [3.05, 3.63) is 52.0 Å². The van der Waals surface area contributed by atoms with Crippen molar-refractivity contribution in [1.29, 1.82) is 0 Å². The lowest BCUT2D eigenvalue weighted by Gasteiger charge is -2.22. The Morgan fingerprint density at radius 2 is 2.00 bits per heavy atom. The van der Waals surface area contributed by atoms with E-state index in [4.69, 9.17) is 9.47 Å². The smallest absolute Gasteiger partial charge is 0.322 e. The average Bonchev–Trinajstić information content (AvgIpc) is 3.02. The largest absolute Gasteiger partial charge is 0.454 e. The summed E-state index contributed by atoms with van der Waals surface area (Å²) >= 11 is 3.48. The van der Waals surface area contributed by atoms with Crippen LogP contribution in [0.1, 0.15) is 18.1 Å². The number of carbonyl (C=O) groups excluding carboxylic acids is 1. The van der Waals surface area contributed by atoms with Gasteiger partial charge in [-0.25, -0.2) is 4.79 Å². The fourth-order valence-corrected chi connectivity index (χ4v) is 3.10. The predicted molar refractivity (Wildman–Crippen MR) is 96.5 cm³/mol. The number of fused-ring (bicyclic) bond motifs is 1. The lowest BCUT2D eigenvalue weighted by Crippen LogP contribution is -2.34. The quantitative estimate of drug-likeness (QED) is 0.833. The number of rotatable bonds is 4. The fourth-order valence-electron chi connectivity index (χ4n) is 2.50. The first kappa shape index (κ1) is 16.6. The van der Waals surface area contributed by atoms with Crippen LogP contribution in [0.2, 0.25) is 0 Å². The number of nitrogens with zero attached hydrogens (tertiary/aromatic N) is 1. The number of urea groups is 1. The van der Waals surface area contributed by atoms with E-state index in [0.29, 0.717) is 13.1 Å². The molecule has 1 aliphatic heterocycles. The summed E-state index contributed by atoms with van der Waals surface area (Å²) in [5.41, 5.74) is 2.89. The van der Waals surface area contributed by atoms with Crippen LogP contribution in [-0.4, -0.2) is 24.3 Å². The molecule has 1 N–H and O–H groups in total. The Hall–Kier alpha value is -2.21. The molecular weight excluding hydrogens is 372 g/mol. The predicted octanol–water partition coefficient (Wildman–Crippen LogP) is 4.54.